The van der Waals surface area contributed by atoms with Gasteiger partial charge in [-0.15, -0.1) is 5.10 Å². The molecule has 7 heteroatoms. The average Bonchev–Trinajstić information content (AvgIpc) is 2.78. The Balaban J connectivity index is 2.57. The van der Waals surface area contributed by atoms with Crippen LogP contribution < -0.4 is 0 Å². The molecular weight excluding hydrogens is 248 g/mol. The van der Waals surface area contributed by atoms with Gasteiger partial charge < -0.3 is 9.84 Å². The SMILES string of the molecule is COC(=O)Cc1c(C)nc2nc(C(C)C)nn2c1O. The molecule has 0 saturated heterocycles. The van der Waals surface area contributed by atoms with Gasteiger partial charge in [0.1, 0.15) is 0 Å². The van der Waals surface area contributed by atoms with E-state index in [0.717, 1.165) is 0 Å². The predicted molar refractivity (Wildman–Crippen MR) is 67.0 cm³/mol. The molecule has 0 atom stereocenters. The number of hydrogen-bond acceptors (Lipinski definition) is 6. The van der Waals surface area contributed by atoms with E-state index in [4.69, 9.17) is 0 Å². The predicted octanol–water partition coefficient (Wildman–Crippen LogP) is 0.977. The minimum Gasteiger partial charge on any atom is -0.493 e. The van der Waals surface area contributed by atoms with Crippen molar-refractivity contribution >= 4 is 11.7 Å². The molecule has 19 heavy (non-hydrogen) atoms. The first kappa shape index (κ1) is 13.3. The van der Waals surface area contributed by atoms with Crippen molar-refractivity contribution in [3.05, 3.63) is 17.1 Å². The van der Waals surface area contributed by atoms with Gasteiger partial charge in [0.2, 0.25) is 5.88 Å². The maximum Gasteiger partial charge on any atom is 0.310 e. The van der Waals surface area contributed by atoms with Crippen molar-refractivity contribution in [1.82, 2.24) is 19.6 Å². The lowest BCUT2D eigenvalue weighted by molar-refractivity contribution is -0.139. The third kappa shape index (κ3) is 2.35. The zero-order valence-corrected chi connectivity index (χ0v) is 11.3. The molecule has 0 aliphatic carbocycles. The quantitative estimate of drug-likeness (QED) is 0.831. The molecular formula is C12H16N4O3. The molecule has 0 unspecified atom stereocenters. The zero-order valence-electron chi connectivity index (χ0n) is 11.3. The summed E-state index contributed by atoms with van der Waals surface area (Å²) in [4.78, 5) is 19.8. The highest BCUT2D eigenvalue weighted by atomic mass is 16.5. The molecule has 0 fully saturated rings. The number of ether oxygens (including phenoxy) is 1. The van der Waals surface area contributed by atoms with Crippen molar-refractivity contribution in [1.29, 1.82) is 0 Å². The van der Waals surface area contributed by atoms with Gasteiger partial charge in [-0.2, -0.15) is 9.50 Å². The number of aryl methyl sites for hydroxylation is 1. The van der Waals surface area contributed by atoms with Crippen LogP contribution in [0.15, 0.2) is 0 Å². The fourth-order valence-corrected chi connectivity index (χ4v) is 1.71. The molecule has 0 aromatic carbocycles. The smallest absolute Gasteiger partial charge is 0.310 e. The summed E-state index contributed by atoms with van der Waals surface area (Å²) < 4.78 is 5.85. The van der Waals surface area contributed by atoms with E-state index in [1.54, 1.807) is 6.92 Å². The highest BCUT2D eigenvalue weighted by Gasteiger charge is 2.19. The lowest BCUT2D eigenvalue weighted by atomic mass is 10.1. The Morgan fingerprint density at radius 1 is 1.42 bits per heavy atom. The van der Waals surface area contributed by atoms with Crippen LogP contribution in [-0.4, -0.2) is 37.8 Å². The van der Waals surface area contributed by atoms with Crippen LogP contribution in [0.3, 0.4) is 0 Å². The van der Waals surface area contributed by atoms with Crippen molar-refractivity contribution < 1.29 is 14.6 Å². The van der Waals surface area contributed by atoms with Crippen molar-refractivity contribution in [2.24, 2.45) is 0 Å². The van der Waals surface area contributed by atoms with Crippen molar-refractivity contribution in [2.45, 2.75) is 33.1 Å². The number of carbonyl (C=O) groups excluding carboxylic acids is 1. The Morgan fingerprint density at radius 3 is 2.68 bits per heavy atom. The minimum atomic E-state index is -0.441. The van der Waals surface area contributed by atoms with Crippen LogP contribution in [0.5, 0.6) is 5.88 Å². The maximum atomic E-state index is 11.3. The number of nitrogens with zero attached hydrogens (tertiary/aromatic N) is 4. The van der Waals surface area contributed by atoms with Gasteiger partial charge in [-0.05, 0) is 6.92 Å². The topological polar surface area (TPSA) is 89.6 Å². The monoisotopic (exact) mass is 264 g/mol. The maximum absolute atomic E-state index is 11.3. The van der Waals surface area contributed by atoms with Gasteiger partial charge in [0.05, 0.1) is 19.2 Å². The lowest BCUT2D eigenvalue weighted by Gasteiger charge is -2.07. The Morgan fingerprint density at radius 2 is 2.11 bits per heavy atom. The molecule has 1 N–H and O–H groups in total. The Hall–Kier alpha value is -2.18. The number of aromatic nitrogens is 4. The van der Waals surface area contributed by atoms with Crippen LogP contribution in [-0.2, 0) is 16.0 Å². The van der Waals surface area contributed by atoms with Gasteiger partial charge in [-0.1, -0.05) is 13.8 Å². The fourth-order valence-electron chi connectivity index (χ4n) is 1.71. The number of hydrogen-bond donors (Lipinski definition) is 1. The first-order chi connectivity index (χ1) is 8.93. The summed E-state index contributed by atoms with van der Waals surface area (Å²) in [5.74, 6) is 0.492. The van der Waals surface area contributed by atoms with Crippen molar-refractivity contribution in [2.75, 3.05) is 7.11 Å². The second-order valence-corrected chi connectivity index (χ2v) is 4.59. The first-order valence-corrected chi connectivity index (χ1v) is 5.96. The summed E-state index contributed by atoms with van der Waals surface area (Å²) in [5, 5.41) is 14.4. The molecule has 0 aliphatic rings. The molecule has 0 amide bonds. The normalized spacial score (nSPS) is 11.2. The van der Waals surface area contributed by atoms with E-state index in [0.29, 0.717) is 22.9 Å². The van der Waals surface area contributed by atoms with Gasteiger partial charge in [-0.25, -0.2) is 4.98 Å². The van der Waals surface area contributed by atoms with Crippen molar-refractivity contribution in [3.8, 4) is 5.88 Å². The van der Waals surface area contributed by atoms with E-state index in [2.05, 4.69) is 19.8 Å². The second kappa shape index (κ2) is 4.83. The molecule has 2 aromatic rings. The Bertz CT molecular complexity index is 633. The fraction of sp³-hybridized carbons (Fsp3) is 0.500. The standard InChI is InChI=1S/C12H16N4O3/c1-6(2)10-14-12-13-7(3)8(5-9(17)19-4)11(18)16(12)15-10/h6,18H,5H2,1-4H3. The molecule has 0 saturated carbocycles. The minimum absolute atomic E-state index is 0.0476. The third-order valence-electron chi connectivity index (χ3n) is 2.85. The Kier molecular flexibility index (Phi) is 3.37. The molecule has 0 spiro atoms. The van der Waals surface area contributed by atoms with E-state index >= 15 is 0 Å². The molecule has 0 radical (unpaired) electrons. The van der Waals surface area contributed by atoms with Crippen molar-refractivity contribution in [3.63, 3.8) is 0 Å². The van der Waals surface area contributed by atoms with Gasteiger partial charge >= 0.3 is 5.97 Å². The highest BCUT2D eigenvalue weighted by molar-refractivity contribution is 5.73. The van der Waals surface area contributed by atoms with E-state index < -0.39 is 5.97 Å². The van der Waals surface area contributed by atoms with Crippen LogP contribution in [0.25, 0.3) is 5.78 Å². The van der Waals surface area contributed by atoms with Gasteiger partial charge in [0.15, 0.2) is 5.82 Å². The van der Waals surface area contributed by atoms with E-state index in [-0.39, 0.29) is 18.2 Å². The molecule has 2 heterocycles. The lowest BCUT2D eigenvalue weighted by Crippen LogP contribution is -2.09. The number of aromatic hydroxyl groups is 1. The van der Waals surface area contributed by atoms with E-state index in [1.807, 2.05) is 13.8 Å². The second-order valence-electron chi connectivity index (χ2n) is 4.59. The largest absolute Gasteiger partial charge is 0.493 e. The summed E-state index contributed by atoms with van der Waals surface area (Å²) in [5.41, 5.74) is 0.942. The van der Waals surface area contributed by atoms with Gasteiger partial charge in [0, 0.05) is 11.5 Å². The molecule has 2 aromatic heterocycles. The van der Waals surface area contributed by atoms with Gasteiger partial charge in [0.25, 0.3) is 5.78 Å². The summed E-state index contributed by atoms with van der Waals surface area (Å²) in [6.45, 7) is 5.61. The van der Waals surface area contributed by atoms with Crippen LogP contribution in [0.1, 0.15) is 36.8 Å². The van der Waals surface area contributed by atoms with Crippen LogP contribution in [0, 0.1) is 6.92 Å². The third-order valence-corrected chi connectivity index (χ3v) is 2.85. The summed E-state index contributed by atoms with van der Waals surface area (Å²) >= 11 is 0. The molecule has 0 aliphatic heterocycles. The van der Waals surface area contributed by atoms with E-state index in [9.17, 15) is 9.90 Å². The summed E-state index contributed by atoms with van der Waals surface area (Å²) in [6.07, 6.45) is -0.0476. The molecule has 102 valence electrons. The number of fused-ring (bicyclic) bond motifs is 1. The molecule has 7 nitrogen and oxygen atoms in total. The highest BCUT2D eigenvalue weighted by Crippen LogP contribution is 2.22. The molecule has 2 rings (SSSR count). The Labute approximate surface area is 110 Å². The van der Waals surface area contributed by atoms with Crippen LogP contribution in [0.2, 0.25) is 0 Å². The van der Waals surface area contributed by atoms with Crippen LogP contribution in [0.4, 0.5) is 0 Å². The number of esters is 1. The van der Waals surface area contributed by atoms with E-state index in [1.165, 1.54) is 11.6 Å². The first-order valence-electron chi connectivity index (χ1n) is 5.96. The average molecular weight is 264 g/mol. The number of carbonyl (C=O) groups is 1. The van der Waals surface area contributed by atoms with Crippen LogP contribution >= 0.6 is 0 Å². The zero-order chi connectivity index (χ0) is 14.2. The summed E-state index contributed by atoms with van der Waals surface area (Å²) in [7, 11) is 1.30. The molecule has 0 bridgehead atoms. The summed E-state index contributed by atoms with van der Waals surface area (Å²) in [6, 6.07) is 0. The van der Waals surface area contributed by atoms with Gasteiger partial charge in [-0.3, -0.25) is 4.79 Å². The number of methoxy groups -OCH3 is 1. The number of rotatable bonds is 3.